The molecular weight excluding hydrogens is 492 g/mol. The fourth-order valence-corrected chi connectivity index (χ4v) is 4.18. The lowest BCUT2D eigenvalue weighted by Gasteiger charge is -2.15. The second kappa shape index (κ2) is 10.9. The minimum atomic E-state index is -0.0839. The van der Waals surface area contributed by atoms with E-state index in [0.29, 0.717) is 23.1 Å². The van der Waals surface area contributed by atoms with Crippen molar-refractivity contribution < 1.29 is 9.53 Å². The summed E-state index contributed by atoms with van der Waals surface area (Å²) in [5, 5.41) is 3.61. The SMILES string of the molecule is O=C(Cc1cnc(Nc2cccc(OCCN3CCCC3)c2)nc1)c1cc(Br)ccc1Cl. The average Bonchev–Trinajstić information content (AvgIpc) is 3.31. The average molecular weight is 516 g/mol. The van der Waals surface area contributed by atoms with Crippen LogP contribution in [0.5, 0.6) is 5.75 Å². The molecule has 1 fully saturated rings. The van der Waals surface area contributed by atoms with E-state index in [2.05, 4.69) is 36.1 Å². The third-order valence-corrected chi connectivity index (χ3v) is 6.09. The summed E-state index contributed by atoms with van der Waals surface area (Å²) in [6, 6.07) is 13.0. The van der Waals surface area contributed by atoms with E-state index in [-0.39, 0.29) is 12.2 Å². The first-order valence-corrected chi connectivity index (χ1v) is 11.8. The zero-order chi connectivity index (χ0) is 22.3. The zero-order valence-corrected chi connectivity index (χ0v) is 19.9. The largest absolute Gasteiger partial charge is 0.492 e. The van der Waals surface area contributed by atoms with Crippen LogP contribution < -0.4 is 10.1 Å². The summed E-state index contributed by atoms with van der Waals surface area (Å²) in [5.74, 6) is 1.18. The molecule has 2 heterocycles. The Bertz CT molecular complexity index is 1070. The molecule has 0 bridgehead atoms. The lowest BCUT2D eigenvalue weighted by molar-refractivity contribution is 0.0993. The van der Waals surface area contributed by atoms with E-state index in [1.54, 1.807) is 30.6 Å². The van der Waals surface area contributed by atoms with Gasteiger partial charge in [0.1, 0.15) is 12.4 Å². The van der Waals surface area contributed by atoms with E-state index in [1.807, 2.05) is 24.3 Å². The van der Waals surface area contributed by atoms with Gasteiger partial charge in [0, 0.05) is 47.1 Å². The maximum Gasteiger partial charge on any atom is 0.227 e. The summed E-state index contributed by atoms with van der Waals surface area (Å²) in [6.07, 6.45) is 6.04. The molecule has 0 radical (unpaired) electrons. The number of hydrogen-bond acceptors (Lipinski definition) is 6. The molecule has 1 aliphatic heterocycles. The van der Waals surface area contributed by atoms with Crippen LogP contribution in [-0.4, -0.2) is 46.9 Å². The normalized spacial score (nSPS) is 13.8. The lowest BCUT2D eigenvalue weighted by atomic mass is 10.1. The Morgan fingerprint density at radius 3 is 2.69 bits per heavy atom. The van der Waals surface area contributed by atoms with Crippen LogP contribution in [0.25, 0.3) is 0 Å². The zero-order valence-electron chi connectivity index (χ0n) is 17.6. The van der Waals surface area contributed by atoms with Gasteiger partial charge >= 0.3 is 0 Å². The molecule has 1 aliphatic rings. The Balaban J connectivity index is 1.32. The highest BCUT2D eigenvalue weighted by Crippen LogP contribution is 2.23. The Kier molecular flexibility index (Phi) is 7.73. The number of hydrogen-bond donors (Lipinski definition) is 1. The molecule has 2 aromatic carbocycles. The van der Waals surface area contributed by atoms with Gasteiger partial charge in [0.05, 0.1) is 5.02 Å². The van der Waals surface area contributed by atoms with Crippen molar-refractivity contribution in [3.63, 3.8) is 0 Å². The first-order chi connectivity index (χ1) is 15.6. The second-order valence-electron chi connectivity index (χ2n) is 7.69. The Labute approximate surface area is 201 Å². The van der Waals surface area contributed by atoms with Crippen LogP contribution in [0.1, 0.15) is 28.8 Å². The number of anilines is 2. The van der Waals surface area contributed by atoms with Gasteiger partial charge in [-0.2, -0.15) is 0 Å². The topological polar surface area (TPSA) is 67.3 Å². The second-order valence-corrected chi connectivity index (χ2v) is 9.01. The fourth-order valence-electron chi connectivity index (χ4n) is 3.59. The number of halogens is 2. The number of nitrogens with zero attached hydrogens (tertiary/aromatic N) is 3. The van der Waals surface area contributed by atoms with Crippen molar-refractivity contribution in [2.45, 2.75) is 19.3 Å². The molecule has 3 aromatic rings. The van der Waals surface area contributed by atoms with E-state index < -0.39 is 0 Å². The molecule has 0 unspecified atom stereocenters. The number of rotatable bonds is 9. The van der Waals surface area contributed by atoms with Crippen molar-refractivity contribution >= 4 is 44.9 Å². The van der Waals surface area contributed by atoms with E-state index >= 15 is 0 Å². The van der Waals surface area contributed by atoms with Crippen LogP contribution in [-0.2, 0) is 6.42 Å². The first-order valence-electron chi connectivity index (χ1n) is 10.6. The highest BCUT2D eigenvalue weighted by Gasteiger charge is 2.13. The molecule has 6 nitrogen and oxygen atoms in total. The van der Waals surface area contributed by atoms with Crippen LogP contribution in [0.4, 0.5) is 11.6 Å². The number of nitrogens with one attached hydrogen (secondary N) is 1. The molecule has 0 atom stereocenters. The molecule has 1 saturated heterocycles. The number of carbonyl (C=O) groups is 1. The van der Waals surface area contributed by atoms with Gasteiger partial charge in [0.2, 0.25) is 5.95 Å². The Hall–Kier alpha value is -2.48. The predicted molar refractivity (Wildman–Crippen MR) is 130 cm³/mol. The van der Waals surface area contributed by atoms with Gasteiger partial charge in [-0.25, -0.2) is 9.97 Å². The maximum absolute atomic E-state index is 12.6. The third kappa shape index (κ3) is 6.28. The van der Waals surface area contributed by atoms with Gasteiger partial charge < -0.3 is 10.1 Å². The monoisotopic (exact) mass is 514 g/mol. The number of carbonyl (C=O) groups excluding carboxylic acids is 1. The highest BCUT2D eigenvalue weighted by atomic mass is 79.9. The Morgan fingerprint density at radius 1 is 1.12 bits per heavy atom. The van der Waals surface area contributed by atoms with Gasteiger partial charge in [-0.05, 0) is 61.8 Å². The van der Waals surface area contributed by atoms with Crippen LogP contribution in [0, 0.1) is 0 Å². The lowest BCUT2D eigenvalue weighted by Crippen LogP contribution is -2.25. The van der Waals surface area contributed by atoms with Crippen LogP contribution in [0.15, 0.2) is 59.3 Å². The summed E-state index contributed by atoms with van der Waals surface area (Å²) in [6.45, 7) is 3.95. The van der Waals surface area contributed by atoms with Crippen molar-refractivity contribution in [3.8, 4) is 5.75 Å². The number of aromatic nitrogens is 2. The number of likely N-dealkylation sites (tertiary alicyclic amines) is 1. The van der Waals surface area contributed by atoms with Gasteiger partial charge in [-0.15, -0.1) is 0 Å². The van der Waals surface area contributed by atoms with E-state index in [4.69, 9.17) is 16.3 Å². The smallest absolute Gasteiger partial charge is 0.227 e. The fraction of sp³-hybridized carbons (Fsp3) is 0.292. The minimum Gasteiger partial charge on any atom is -0.492 e. The number of Topliss-reactive ketones (excluding diaryl/α,β-unsaturated/α-hetero) is 1. The summed E-state index contributed by atoms with van der Waals surface area (Å²) in [7, 11) is 0. The standard InChI is InChI=1S/C24H24BrClN4O2/c25-18-6-7-22(26)21(13-18)23(31)12-17-15-27-24(28-16-17)29-19-4-3-5-20(14-19)32-11-10-30-8-1-2-9-30/h3-7,13-16H,1-2,8-12H2,(H,27,28,29). The molecule has 4 rings (SSSR count). The molecule has 32 heavy (non-hydrogen) atoms. The predicted octanol–water partition coefficient (Wildman–Crippen LogP) is 5.54. The number of ketones is 1. The number of benzene rings is 2. The summed E-state index contributed by atoms with van der Waals surface area (Å²) in [4.78, 5) is 23.7. The van der Waals surface area contributed by atoms with Crippen molar-refractivity contribution in [2.75, 3.05) is 31.6 Å². The van der Waals surface area contributed by atoms with E-state index in [9.17, 15) is 4.79 Å². The van der Waals surface area contributed by atoms with Crippen molar-refractivity contribution in [1.29, 1.82) is 0 Å². The Morgan fingerprint density at radius 2 is 1.91 bits per heavy atom. The summed E-state index contributed by atoms with van der Waals surface area (Å²) in [5.41, 5.74) is 2.04. The van der Waals surface area contributed by atoms with Crippen molar-refractivity contribution in [1.82, 2.24) is 14.9 Å². The minimum absolute atomic E-state index is 0.0839. The van der Waals surface area contributed by atoms with Gasteiger partial charge in [0.25, 0.3) is 0 Å². The molecule has 0 spiro atoms. The molecule has 8 heteroatoms. The number of ether oxygens (including phenoxy) is 1. The van der Waals surface area contributed by atoms with Crippen molar-refractivity contribution in [2.24, 2.45) is 0 Å². The van der Waals surface area contributed by atoms with Gasteiger partial charge in [-0.3, -0.25) is 9.69 Å². The van der Waals surface area contributed by atoms with Crippen molar-refractivity contribution in [3.05, 3.63) is 75.5 Å². The molecule has 166 valence electrons. The van der Waals surface area contributed by atoms with E-state index in [0.717, 1.165) is 28.0 Å². The third-order valence-electron chi connectivity index (χ3n) is 5.26. The quantitative estimate of drug-likeness (QED) is 0.378. The molecular formula is C24H24BrClN4O2. The molecule has 1 aromatic heterocycles. The summed E-state index contributed by atoms with van der Waals surface area (Å²) < 4.78 is 6.70. The highest BCUT2D eigenvalue weighted by molar-refractivity contribution is 9.10. The molecule has 0 aliphatic carbocycles. The van der Waals surface area contributed by atoms with E-state index in [1.165, 1.54) is 25.9 Å². The van der Waals surface area contributed by atoms with Crippen LogP contribution in [0.2, 0.25) is 5.02 Å². The molecule has 0 amide bonds. The molecule has 1 N–H and O–H groups in total. The molecule has 0 saturated carbocycles. The van der Waals surface area contributed by atoms with Crippen LogP contribution >= 0.6 is 27.5 Å². The van der Waals surface area contributed by atoms with Crippen LogP contribution in [0.3, 0.4) is 0 Å². The van der Waals surface area contributed by atoms with Gasteiger partial charge in [-0.1, -0.05) is 33.6 Å². The maximum atomic E-state index is 12.6. The van der Waals surface area contributed by atoms with Gasteiger partial charge in [0.15, 0.2) is 5.78 Å². The first kappa shape index (κ1) is 22.7. The summed E-state index contributed by atoms with van der Waals surface area (Å²) >= 11 is 9.53.